The standard InChI is InChI=1S/C20H25N3O2S/c1-15(24)22-19(20-21-11-13-26-20)17-8-5-12-23(14-17)18(25)10-9-16-6-3-2-4-7-16/h2-4,6-7,11,13,17,19H,5,8-10,12,14H2,1H3,(H,22,24). The largest absolute Gasteiger partial charge is 0.347 e. The highest BCUT2D eigenvalue weighted by Crippen LogP contribution is 2.31. The van der Waals surface area contributed by atoms with Gasteiger partial charge in [-0.25, -0.2) is 4.98 Å². The highest BCUT2D eigenvalue weighted by Gasteiger charge is 2.32. The molecule has 138 valence electrons. The number of likely N-dealkylation sites (tertiary alicyclic amines) is 1. The average molecular weight is 372 g/mol. The van der Waals surface area contributed by atoms with E-state index in [9.17, 15) is 9.59 Å². The molecule has 1 fully saturated rings. The van der Waals surface area contributed by atoms with E-state index in [1.54, 1.807) is 17.5 Å². The lowest BCUT2D eigenvalue weighted by Crippen LogP contribution is -2.45. The van der Waals surface area contributed by atoms with Crippen molar-refractivity contribution < 1.29 is 9.59 Å². The zero-order valence-corrected chi connectivity index (χ0v) is 15.9. The zero-order chi connectivity index (χ0) is 18.4. The fourth-order valence-electron chi connectivity index (χ4n) is 3.55. The van der Waals surface area contributed by atoms with Gasteiger partial charge in [-0.15, -0.1) is 11.3 Å². The van der Waals surface area contributed by atoms with Gasteiger partial charge in [-0.1, -0.05) is 30.3 Å². The second-order valence-corrected chi connectivity index (χ2v) is 7.70. The van der Waals surface area contributed by atoms with Crippen molar-refractivity contribution in [1.82, 2.24) is 15.2 Å². The van der Waals surface area contributed by atoms with Gasteiger partial charge < -0.3 is 10.2 Å². The molecule has 1 saturated heterocycles. The van der Waals surface area contributed by atoms with E-state index in [-0.39, 0.29) is 23.8 Å². The van der Waals surface area contributed by atoms with Gasteiger partial charge in [0.15, 0.2) is 0 Å². The van der Waals surface area contributed by atoms with Crippen LogP contribution >= 0.6 is 11.3 Å². The number of benzene rings is 1. The molecule has 0 radical (unpaired) electrons. The van der Waals surface area contributed by atoms with E-state index in [0.29, 0.717) is 13.0 Å². The summed E-state index contributed by atoms with van der Waals surface area (Å²) in [6.07, 6.45) is 5.01. The van der Waals surface area contributed by atoms with Crippen molar-refractivity contribution in [3.8, 4) is 0 Å². The Labute approximate surface area is 158 Å². The molecule has 1 aliphatic rings. The predicted molar refractivity (Wildman–Crippen MR) is 103 cm³/mol. The molecule has 3 rings (SSSR count). The minimum absolute atomic E-state index is 0.0577. The summed E-state index contributed by atoms with van der Waals surface area (Å²) in [5, 5.41) is 5.89. The summed E-state index contributed by atoms with van der Waals surface area (Å²) in [5.74, 6) is 0.344. The van der Waals surface area contributed by atoms with Crippen LogP contribution in [0.2, 0.25) is 0 Å². The minimum atomic E-state index is -0.114. The van der Waals surface area contributed by atoms with Gasteiger partial charge in [-0.2, -0.15) is 0 Å². The Kier molecular flexibility index (Phi) is 6.39. The maximum Gasteiger partial charge on any atom is 0.222 e. The van der Waals surface area contributed by atoms with Crippen LogP contribution in [0.1, 0.15) is 42.8 Å². The van der Waals surface area contributed by atoms with Crippen molar-refractivity contribution >= 4 is 23.2 Å². The highest BCUT2D eigenvalue weighted by molar-refractivity contribution is 7.09. The summed E-state index contributed by atoms with van der Waals surface area (Å²) in [6, 6.07) is 9.99. The molecule has 2 atom stereocenters. The third kappa shape index (κ3) is 4.91. The van der Waals surface area contributed by atoms with Crippen LogP contribution in [0, 0.1) is 5.92 Å². The number of rotatable bonds is 6. The Morgan fingerprint density at radius 2 is 2.15 bits per heavy atom. The number of carbonyl (C=O) groups is 2. The van der Waals surface area contributed by atoms with E-state index in [1.165, 1.54) is 12.5 Å². The number of piperidine rings is 1. The van der Waals surface area contributed by atoms with Gasteiger partial charge in [-0.3, -0.25) is 9.59 Å². The second-order valence-electron chi connectivity index (χ2n) is 6.78. The first-order valence-corrected chi connectivity index (χ1v) is 9.99. The van der Waals surface area contributed by atoms with Crippen molar-refractivity contribution in [3.63, 3.8) is 0 Å². The van der Waals surface area contributed by atoms with Crippen LogP contribution in [-0.2, 0) is 16.0 Å². The summed E-state index contributed by atoms with van der Waals surface area (Å²) in [6.45, 7) is 3.01. The highest BCUT2D eigenvalue weighted by atomic mass is 32.1. The second kappa shape index (κ2) is 8.94. The topological polar surface area (TPSA) is 62.3 Å². The molecule has 1 aromatic heterocycles. The molecule has 1 aromatic carbocycles. The third-order valence-electron chi connectivity index (χ3n) is 4.83. The van der Waals surface area contributed by atoms with Gasteiger partial charge >= 0.3 is 0 Å². The number of aromatic nitrogens is 1. The first-order valence-electron chi connectivity index (χ1n) is 9.11. The summed E-state index contributed by atoms with van der Waals surface area (Å²) in [4.78, 5) is 30.7. The van der Waals surface area contributed by atoms with Crippen LogP contribution in [0.25, 0.3) is 0 Å². The molecule has 0 spiro atoms. The van der Waals surface area contributed by atoms with Gasteiger partial charge in [0.1, 0.15) is 5.01 Å². The van der Waals surface area contributed by atoms with E-state index < -0.39 is 0 Å². The van der Waals surface area contributed by atoms with Gasteiger partial charge in [0.05, 0.1) is 6.04 Å². The first-order chi connectivity index (χ1) is 12.6. The molecule has 2 amide bonds. The maximum absolute atomic E-state index is 12.7. The SMILES string of the molecule is CC(=O)NC(c1nccs1)C1CCCN(C(=O)CCc2ccccc2)C1. The van der Waals surface area contributed by atoms with E-state index >= 15 is 0 Å². The minimum Gasteiger partial charge on any atom is -0.347 e. The molecule has 5 nitrogen and oxygen atoms in total. The van der Waals surface area contributed by atoms with Crippen molar-refractivity contribution in [2.24, 2.45) is 5.92 Å². The molecule has 2 unspecified atom stereocenters. The maximum atomic E-state index is 12.7. The fourth-order valence-corrected chi connectivity index (χ4v) is 4.33. The van der Waals surface area contributed by atoms with E-state index in [4.69, 9.17) is 0 Å². The number of hydrogen-bond donors (Lipinski definition) is 1. The van der Waals surface area contributed by atoms with E-state index in [1.807, 2.05) is 28.5 Å². The lowest BCUT2D eigenvalue weighted by Gasteiger charge is -2.36. The van der Waals surface area contributed by atoms with Crippen LogP contribution < -0.4 is 5.32 Å². The van der Waals surface area contributed by atoms with Crippen molar-refractivity contribution in [3.05, 3.63) is 52.5 Å². The smallest absolute Gasteiger partial charge is 0.222 e. The van der Waals surface area contributed by atoms with Gasteiger partial charge in [0.25, 0.3) is 0 Å². The lowest BCUT2D eigenvalue weighted by molar-refractivity contribution is -0.133. The summed E-state index contributed by atoms with van der Waals surface area (Å²) >= 11 is 1.55. The molecule has 1 aliphatic heterocycles. The summed E-state index contributed by atoms with van der Waals surface area (Å²) in [5.41, 5.74) is 1.19. The van der Waals surface area contributed by atoms with Crippen molar-refractivity contribution in [1.29, 1.82) is 0 Å². The molecule has 2 aromatic rings. The Hall–Kier alpha value is -2.21. The quantitative estimate of drug-likeness (QED) is 0.848. The number of carbonyl (C=O) groups excluding carboxylic acids is 2. The molecule has 6 heteroatoms. The normalized spacial score (nSPS) is 18.3. The number of amides is 2. The Morgan fingerprint density at radius 3 is 2.85 bits per heavy atom. The lowest BCUT2D eigenvalue weighted by atomic mass is 9.90. The number of aryl methyl sites for hydroxylation is 1. The Bertz CT molecular complexity index is 718. The van der Waals surface area contributed by atoms with E-state index in [2.05, 4.69) is 22.4 Å². The zero-order valence-electron chi connectivity index (χ0n) is 15.1. The van der Waals surface area contributed by atoms with Gasteiger partial charge in [-0.05, 0) is 24.8 Å². The first kappa shape index (κ1) is 18.6. The Balaban J connectivity index is 1.61. The van der Waals surface area contributed by atoms with Crippen LogP contribution in [-0.4, -0.2) is 34.8 Å². The molecule has 0 saturated carbocycles. The van der Waals surface area contributed by atoms with E-state index in [0.717, 1.165) is 30.8 Å². The molecule has 1 N–H and O–H groups in total. The van der Waals surface area contributed by atoms with Crippen LogP contribution in [0.4, 0.5) is 0 Å². The average Bonchev–Trinajstić information content (AvgIpc) is 3.19. The third-order valence-corrected chi connectivity index (χ3v) is 5.69. The number of nitrogens with zero attached hydrogens (tertiary/aromatic N) is 2. The molecule has 2 heterocycles. The molecular weight excluding hydrogens is 346 g/mol. The molecule has 26 heavy (non-hydrogen) atoms. The van der Waals surface area contributed by atoms with Gasteiger partial charge in [0, 0.05) is 43.9 Å². The Morgan fingerprint density at radius 1 is 1.35 bits per heavy atom. The van der Waals surface area contributed by atoms with Crippen LogP contribution in [0.3, 0.4) is 0 Å². The van der Waals surface area contributed by atoms with Crippen molar-refractivity contribution in [2.45, 2.75) is 38.6 Å². The summed E-state index contributed by atoms with van der Waals surface area (Å²) in [7, 11) is 0. The van der Waals surface area contributed by atoms with Crippen LogP contribution in [0.5, 0.6) is 0 Å². The predicted octanol–water partition coefficient (Wildman–Crippen LogP) is 3.19. The number of nitrogens with one attached hydrogen (secondary N) is 1. The monoisotopic (exact) mass is 371 g/mol. The van der Waals surface area contributed by atoms with Crippen molar-refractivity contribution in [2.75, 3.05) is 13.1 Å². The number of thiazole rings is 1. The number of hydrogen-bond acceptors (Lipinski definition) is 4. The molecule has 0 bridgehead atoms. The fraction of sp³-hybridized carbons (Fsp3) is 0.450. The molecule has 0 aliphatic carbocycles. The molecular formula is C20H25N3O2S. The van der Waals surface area contributed by atoms with Crippen LogP contribution in [0.15, 0.2) is 41.9 Å². The van der Waals surface area contributed by atoms with Gasteiger partial charge in [0.2, 0.25) is 11.8 Å². The summed E-state index contributed by atoms with van der Waals surface area (Å²) < 4.78 is 0.